The van der Waals surface area contributed by atoms with Crippen molar-refractivity contribution in [3.05, 3.63) is 53.1 Å². The summed E-state index contributed by atoms with van der Waals surface area (Å²) in [6.07, 6.45) is 2.05. The number of carbonyl (C=O) groups is 1. The number of aromatic hydroxyl groups is 1. The molecular formula is C22H28O3Si. The lowest BCUT2D eigenvalue weighted by molar-refractivity contribution is 0.0788. The minimum Gasteiger partial charge on any atom is -0.507 e. The largest absolute Gasteiger partial charge is 0.507 e. The summed E-state index contributed by atoms with van der Waals surface area (Å²) in [4.78, 5) is 12.7. The maximum Gasteiger partial charge on any atom is 0.194 e. The van der Waals surface area contributed by atoms with Crippen LogP contribution in [0.1, 0.15) is 48.7 Å². The molecule has 1 N–H and O–H groups in total. The highest BCUT2D eigenvalue weighted by molar-refractivity contribution is 6.48. The Labute approximate surface area is 157 Å². The highest BCUT2D eigenvalue weighted by Crippen LogP contribution is 2.42. The van der Waals surface area contributed by atoms with Gasteiger partial charge in [0.1, 0.15) is 5.75 Å². The first-order valence-corrected chi connectivity index (χ1v) is 12.1. The molecular weight excluding hydrogens is 340 g/mol. The number of hydrogen-bond donors (Lipinski definition) is 1. The summed E-state index contributed by atoms with van der Waals surface area (Å²) >= 11 is 0. The van der Waals surface area contributed by atoms with Crippen molar-refractivity contribution in [3.8, 4) is 16.9 Å². The fourth-order valence-corrected chi connectivity index (χ4v) is 4.84. The molecule has 26 heavy (non-hydrogen) atoms. The number of phenols is 1. The molecule has 0 bridgehead atoms. The number of carbonyl (C=O) groups excluding carboxylic acids is 1. The van der Waals surface area contributed by atoms with Gasteiger partial charge >= 0.3 is 0 Å². The summed E-state index contributed by atoms with van der Waals surface area (Å²) in [5.74, 6) is 0.177. The Kier molecular flexibility index (Phi) is 5.09. The van der Waals surface area contributed by atoms with Crippen molar-refractivity contribution in [2.45, 2.75) is 52.8 Å². The Morgan fingerprint density at radius 2 is 1.81 bits per heavy atom. The van der Waals surface area contributed by atoms with Crippen molar-refractivity contribution < 1.29 is 14.3 Å². The Bertz CT molecular complexity index is 834. The fraction of sp³-hybridized carbons (Fsp3) is 0.409. The van der Waals surface area contributed by atoms with Gasteiger partial charge in [0, 0.05) is 22.8 Å². The number of phenolic OH excluding ortho intramolecular Hbond substituents is 1. The lowest BCUT2D eigenvalue weighted by Crippen LogP contribution is -2.33. The molecule has 1 unspecified atom stereocenters. The van der Waals surface area contributed by atoms with Crippen LogP contribution in [-0.4, -0.2) is 26.0 Å². The molecule has 1 atom stereocenters. The van der Waals surface area contributed by atoms with Gasteiger partial charge in [-0.05, 0) is 54.6 Å². The molecule has 0 aromatic heterocycles. The molecule has 0 radical (unpaired) electrons. The highest BCUT2D eigenvalue weighted by Gasteiger charge is 2.30. The molecule has 0 saturated heterocycles. The molecule has 0 spiro atoms. The van der Waals surface area contributed by atoms with E-state index in [-0.39, 0.29) is 23.1 Å². The number of benzene rings is 2. The normalized spacial score (nSPS) is 14.5. The van der Waals surface area contributed by atoms with Crippen LogP contribution in [0.3, 0.4) is 0 Å². The molecule has 1 aliphatic rings. The second-order valence-electron chi connectivity index (χ2n) is 8.49. The zero-order valence-corrected chi connectivity index (χ0v) is 17.5. The van der Waals surface area contributed by atoms with Gasteiger partial charge in [-0.1, -0.05) is 45.0 Å². The maximum atomic E-state index is 12.7. The molecule has 3 nitrogen and oxygen atoms in total. The van der Waals surface area contributed by atoms with Crippen LogP contribution in [0.15, 0.2) is 36.4 Å². The summed E-state index contributed by atoms with van der Waals surface area (Å²) in [5.41, 5.74) is 4.05. The van der Waals surface area contributed by atoms with E-state index < -0.39 is 9.04 Å². The molecule has 4 heteroatoms. The van der Waals surface area contributed by atoms with Gasteiger partial charge in [-0.2, -0.15) is 0 Å². The maximum absolute atomic E-state index is 12.7. The van der Waals surface area contributed by atoms with Crippen molar-refractivity contribution in [3.63, 3.8) is 0 Å². The van der Waals surface area contributed by atoms with Crippen LogP contribution >= 0.6 is 0 Å². The van der Waals surface area contributed by atoms with E-state index in [9.17, 15) is 9.90 Å². The third-order valence-electron chi connectivity index (χ3n) is 4.98. The van der Waals surface area contributed by atoms with Crippen LogP contribution in [0.5, 0.6) is 5.75 Å². The average molecular weight is 369 g/mol. The van der Waals surface area contributed by atoms with Crippen molar-refractivity contribution in [2.24, 2.45) is 5.41 Å². The van der Waals surface area contributed by atoms with Gasteiger partial charge in [-0.3, -0.25) is 4.79 Å². The first kappa shape index (κ1) is 18.9. The minimum absolute atomic E-state index is 0.00552. The highest BCUT2D eigenvalue weighted by atomic mass is 28.3. The van der Waals surface area contributed by atoms with Crippen LogP contribution < -0.4 is 0 Å². The number of rotatable bonds is 5. The summed E-state index contributed by atoms with van der Waals surface area (Å²) in [7, 11) is -1.11. The zero-order valence-electron chi connectivity index (χ0n) is 16.3. The summed E-state index contributed by atoms with van der Waals surface area (Å²) in [6, 6.07) is 11.2. The van der Waals surface area contributed by atoms with Gasteiger partial charge in [-0.25, -0.2) is 0 Å². The molecule has 0 aliphatic heterocycles. The molecule has 2 aromatic rings. The van der Waals surface area contributed by atoms with Crippen LogP contribution in [0, 0.1) is 5.41 Å². The predicted molar refractivity (Wildman–Crippen MR) is 109 cm³/mol. The standard InChI is InChI=1S/C22H28O3Si/c1-22(2,3)19(25-26(4)5)12-10-14-9-11-15-17(13-14)21(24)16-7-6-8-18(23)20(15)16/h6-9,11,13,19,23,26H,10,12H2,1-5H3. The monoisotopic (exact) mass is 368 g/mol. The van der Waals surface area contributed by atoms with Crippen LogP contribution in [0.25, 0.3) is 11.1 Å². The first-order chi connectivity index (χ1) is 12.2. The first-order valence-electron chi connectivity index (χ1n) is 9.34. The summed E-state index contributed by atoms with van der Waals surface area (Å²) < 4.78 is 6.26. The van der Waals surface area contributed by atoms with E-state index in [4.69, 9.17) is 4.43 Å². The van der Waals surface area contributed by atoms with Gasteiger partial charge in [0.25, 0.3) is 0 Å². The topological polar surface area (TPSA) is 46.5 Å². The number of aryl methyl sites for hydroxylation is 1. The van der Waals surface area contributed by atoms with E-state index in [1.165, 1.54) is 0 Å². The van der Waals surface area contributed by atoms with E-state index in [0.717, 1.165) is 24.0 Å². The van der Waals surface area contributed by atoms with E-state index >= 15 is 0 Å². The third-order valence-corrected chi connectivity index (χ3v) is 5.86. The Hall–Kier alpha value is -1.91. The SMILES string of the molecule is C[SiH](C)OC(CCc1ccc2c(c1)C(=O)c1cccc(O)c1-2)C(C)(C)C. The smallest absolute Gasteiger partial charge is 0.194 e. The van der Waals surface area contributed by atoms with E-state index in [1.807, 2.05) is 12.1 Å². The predicted octanol–water partition coefficient (Wildman–Crippen LogP) is 4.95. The molecule has 0 amide bonds. The van der Waals surface area contributed by atoms with Crippen LogP contribution in [-0.2, 0) is 10.8 Å². The summed E-state index contributed by atoms with van der Waals surface area (Å²) in [5, 5.41) is 10.1. The number of hydrogen-bond acceptors (Lipinski definition) is 3. The Morgan fingerprint density at radius 1 is 1.08 bits per heavy atom. The van der Waals surface area contributed by atoms with Gasteiger partial charge < -0.3 is 9.53 Å². The molecule has 0 heterocycles. The molecule has 2 aromatic carbocycles. The number of ketones is 1. The van der Waals surface area contributed by atoms with Crippen LogP contribution in [0.4, 0.5) is 0 Å². The van der Waals surface area contributed by atoms with Crippen molar-refractivity contribution in [2.75, 3.05) is 0 Å². The Morgan fingerprint density at radius 3 is 2.46 bits per heavy atom. The quantitative estimate of drug-likeness (QED) is 0.648. The minimum atomic E-state index is -1.11. The van der Waals surface area contributed by atoms with Crippen LogP contribution in [0.2, 0.25) is 13.1 Å². The second kappa shape index (κ2) is 7.01. The van der Waals surface area contributed by atoms with Gasteiger partial charge in [0.2, 0.25) is 0 Å². The van der Waals surface area contributed by atoms with Gasteiger partial charge in [0.15, 0.2) is 14.8 Å². The van der Waals surface area contributed by atoms with Gasteiger partial charge in [0.05, 0.1) is 0 Å². The zero-order chi connectivity index (χ0) is 19.1. The van der Waals surface area contributed by atoms with Crippen molar-refractivity contribution in [1.82, 2.24) is 0 Å². The van der Waals surface area contributed by atoms with E-state index in [1.54, 1.807) is 18.2 Å². The lowest BCUT2D eigenvalue weighted by Gasteiger charge is -2.32. The number of fused-ring (bicyclic) bond motifs is 3. The molecule has 1 aliphatic carbocycles. The summed E-state index contributed by atoms with van der Waals surface area (Å²) in [6.45, 7) is 11.1. The van der Waals surface area contributed by atoms with E-state index in [2.05, 4.69) is 39.9 Å². The van der Waals surface area contributed by atoms with Crippen molar-refractivity contribution >= 4 is 14.8 Å². The lowest BCUT2D eigenvalue weighted by atomic mass is 9.85. The molecule has 3 rings (SSSR count). The molecule has 0 fully saturated rings. The van der Waals surface area contributed by atoms with E-state index in [0.29, 0.717) is 16.7 Å². The fourth-order valence-electron chi connectivity index (χ4n) is 3.64. The molecule has 0 saturated carbocycles. The third kappa shape index (κ3) is 3.62. The Balaban J connectivity index is 1.83. The molecule has 138 valence electrons. The second-order valence-corrected chi connectivity index (χ2v) is 10.9. The average Bonchev–Trinajstić information content (AvgIpc) is 2.84. The van der Waals surface area contributed by atoms with Crippen molar-refractivity contribution in [1.29, 1.82) is 0 Å². The van der Waals surface area contributed by atoms with Gasteiger partial charge in [-0.15, -0.1) is 0 Å².